The molecule has 1 fully saturated rings. The van der Waals surface area contributed by atoms with E-state index in [0.29, 0.717) is 12.6 Å². The summed E-state index contributed by atoms with van der Waals surface area (Å²) in [6.45, 7) is 10.3. The number of hydrogen-bond donors (Lipinski definition) is 2. The third kappa shape index (κ3) is 4.44. The summed E-state index contributed by atoms with van der Waals surface area (Å²) in [6, 6.07) is 0.540. The molecule has 19 heavy (non-hydrogen) atoms. The number of hydrogen-bond acceptors (Lipinski definition) is 4. The number of nitrogens with one attached hydrogen (secondary N) is 1. The molecular weight excluding hydrogens is 242 g/mol. The molecule has 0 radical (unpaired) electrons. The average Bonchev–Trinajstić information content (AvgIpc) is 2.38. The van der Waals surface area contributed by atoms with Gasteiger partial charge in [-0.25, -0.2) is 0 Å². The summed E-state index contributed by atoms with van der Waals surface area (Å²) < 4.78 is 0. The Labute approximate surface area is 117 Å². The van der Waals surface area contributed by atoms with Gasteiger partial charge < -0.3 is 15.3 Å². The van der Waals surface area contributed by atoms with E-state index in [1.807, 2.05) is 0 Å². The van der Waals surface area contributed by atoms with Crippen molar-refractivity contribution in [3.8, 4) is 0 Å². The molecule has 0 saturated carbocycles. The molecule has 0 aromatic heterocycles. The van der Waals surface area contributed by atoms with E-state index < -0.39 is 11.5 Å². The molecule has 0 bridgehead atoms. The highest BCUT2D eigenvalue weighted by Gasteiger charge is 2.36. The van der Waals surface area contributed by atoms with Crippen molar-refractivity contribution in [1.29, 1.82) is 0 Å². The monoisotopic (exact) mass is 271 g/mol. The van der Waals surface area contributed by atoms with Gasteiger partial charge in [-0.05, 0) is 33.4 Å². The minimum absolute atomic E-state index is 0.540. The summed E-state index contributed by atoms with van der Waals surface area (Å²) in [5, 5.41) is 12.6. The molecule has 2 atom stereocenters. The van der Waals surface area contributed by atoms with Gasteiger partial charge in [-0.15, -0.1) is 0 Å². The maximum Gasteiger partial charge on any atom is 0.324 e. The summed E-state index contributed by atoms with van der Waals surface area (Å²) in [5.41, 5.74) is -0.843. The van der Waals surface area contributed by atoms with Crippen LogP contribution in [0.4, 0.5) is 0 Å². The highest BCUT2D eigenvalue weighted by Crippen LogP contribution is 2.15. The summed E-state index contributed by atoms with van der Waals surface area (Å²) in [7, 11) is 2.15. The van der Waals surface area contributed by atoms with Crippen molar-refractivity contribution < 1.29 is 9.90 Å². The Hall–Kier alpha value is -0.650. The molecule has 5 heteroatoms. The van der Waals surface area contributed by atoms with Crippen molar-refractivity contribution in [2.75, 3.05) is 39.8 Å². The zero-order valence-electron chi connectivity index (χ0n) is 12.8. The van der Waals surface area contributed by atoms with Crippen molar-refractivity contribution >= 4 is 5.97 Å². The quantitative estimate of drug-likeness (QED) is 0.719. The van der Waals surface area contributed by atoms with Crippen LogP contribution in [-0.2, 0) is 4.79 Å². The first-order valence-corrected chi connectivity index (χ1v) is 7.34. The Kier molecular flexibility index (Phi) is 6.23. The molecule has 1 aliphatic rings. The van der Waals surface area contributed by atoms with Crippen molar-refractivity contribution in [1.82, 2.24) is 15.1 Å². The number of nitrogens with zero attached hydrogens (tertiary/aromatic N) is 2. The number of rotatable bonds is 7. The second-order valence-corrected chi connectivity index (χ2v) is 5.84. The van der Waals surface area contributed by atoms with Crippen LogP contribution in [0.25, 0.3) is 0 Å². The lowest BCUT2D eigenvalue weighted by molar-refractivity contribution is -0.145. The first-order valence-electron chi connectivity index (χ1n) is 7.34. The van der Waals surface area contributed by atoms with E-state index >= 15 is 0 Å². The molecule has 0 amide bonds. The number of aliphatic carboxylic acids is 1. The average molecular weight is 271 g/mol. The van der Waals surface area contributed by atoms with E-state index in [1.54, 1.807) is 6.92 Å². The number of carboxylic acid groups (broad SMARTS) is 1. The maximum atomic E-state index is 11.5. The Morgan fingerprint density at radius 1 is 1.42 bits per heavy atom. The molecular formula is C14H29N3O2. The second kappa shape index (κ2) is 7.22. The molecule has 112 valence electrons. The zero-order valence-corrected chi connectivity index (χ0v) is 12.8. The van der Waals surface area contributed by atoms with Crippen LogP contribution in [0.15, 0.2) is 0 Å². The highest BCUT2D eigenvalue weighted by molar-refractivity contribution is 5.78. The van der Waals surface area contributed by atoms with Gasteiger partial charge in [0.2, 0.25) is 0 Å². The van der Waals surface area contributed by atoms with Crippen LogP contribution in [0.3, 0.4) is 0 Å². The van der Waals surface area contributed by atoms with Gasteiger partial charge >= 0.3 is 5.97 Å². The van der Waals surface area contributed by atoms with Crippen molar-refractivity contribution in [2.45, 2.75) is 45.2 Å². The summed E-state index contributed by atoms with van der Waals surface area (Å²) in [6.07, 6.45) is 2.06. The Morgan fingerprint density at radius 3 is 2.63 bits per heavy atom. The molecule has 1 saturated heterocycles. The predicted octanol–water partition coefficient (Wildman–Crippen LogP) is 0.855. The molecule has 2 unspecified atom stereocenters. The number of carbonyl (C=O) groups is 1. The Morgan fingerprint density at radius 2 is 2.11 bits per heavy atom. The molecule has 1 aliphatic heterocycles. The molecule has 2 N–H and O–H groups in total. The van der Waals surface area contributed by atoms with Gasteiger partial charge in [-0.1, -0.05) is 13.8 Å². The normalized spacial score (nSPS) is 25.2. The summed E-state index contributed by atoms with van der Waals surface area (Å²) in [4.78, 5) is 16.2. The third-order valence-electron chi connectivity index (χ3n) is 4.11. The molecule has 0 aliphatic carbocycles. The van der Waals surface area contributed by atoms with Gasteiger partial charge in [0.15, 0.2) is 0 Å². The number of carboxylic acids is 1. The Bertz CT molecular complexity index is 298. The van der Waals surface area contributed by atoms with Crippen LogP contribution < -0.4 is 5.32 Å². The zero-order chi connectivity index (χ0) is 14.5. The fourth-order valence-corrected chi connectivity index (χ4v) is 2.64. The topological polar surface area (TPSA) is 55.8 Å². The number of piperazine rings is 1. The molecule has 0 aromatic rings. The van der Waals surface area contributed by atoms with Crippen LogP contribution in [0, 0.1) is 0 Å². The van der Waals surface area contributed by atoms with E-state index in [1.165, 1.54) is 0 Å². The smallest absolute Gasteiger partial charge is 0.324 e. The lowest BCUT2D eigenvalue weighted by Crippen LogP contribution is -2.61. The van der Waals surface area contributed by atoms with Crippen LogP contribution in [-0.4, -0.2) is 72.2 Å². The van der Waals surface area contributed by atoms with Gasteiger partial charge in [0.25, 0.3) is 0 Å². The van der Waals surface area contributed by atoms with E-state index in [2.05, 4.69) is 36.0 Å². The lowest BCUT2D eigenvalue weighted by Gasteiger charge is -2.42. The third-order valence-corrected chi connectivity index (χ3v) is 4.11. The second-order valence-electron chi connectivity index (χ2n) is 5.84. The van der Waals surface area contributed by atoms with Crippen LogP contribution >= 0.6 is 0 Å². The van der Waals surface area contributed by atoms with Gasteiger partial charge in [0, 0.05) is 32.2 Å². The fraction of sp³-hybridized carbons (Fsp3) is 0.929. The maximum absolute atomic E-state index is 11.5. The van der Waals surface area contributed by atoms with E-state index in [4.69, 9.17) is 0 Å². The van der Waals surface area contributed by atoms with Crippen LogP contribution in [0.2, 0.25) is 0 Å². The summed E-state index contributed by atoms with van der Waals surface area (Å²) >= 11 is 0. The van der Waals surface area contributed by atoms with Crippen molar-refractivity contribution in [2.24, 2.45) is 0 Å². The largest absolute Gasteiger partial charge is 0.480 e. The van der Waals surface area contributed by atoms with Gasteiger partial charge in [-0.3, -0.25) is 9.69 Å². The standard InChI is InChI=1S/C14H29N3O2/c1-5-7-15-14(3,13(18)19)11-17-9-8-16(4)12(6-2)10-17/h12,15H,5-11H2,1-4H3,(H,18,19). The van der Waals surface area contributed by atoms with Crippen LogP contribution in [0.1, 0.15) is 33.6 Å². The molecule has 0 spiro atoms. The predicted molar refractivity (Wildman–Crippen MR) is 77.5 cm³/mol. The molecule has 5 nitrogen and oxygen atoms in total. The van der Waals surface area contributed by atoms with E-state index in [0.717, 1.165) is 39.0 Å². The van der Waals surface area contributed by atoms with Crippen molar-refractivity contribution in [3.05, 3.63) is 0 Å². The molecule has 0 aromatic carbocycles. The van der Waals surface area contributed by atoms with Crippen LogP contribution in [0.5, 0.6) is 0 Å². The SMILES string of the molecule is CCCNC(C)(CN1CCN(C)C(CC)C1)C(=O)O. The Balaban J connectivity index is 2.61. The minimum atomic E-state index is -0.843. The van der Waals surface area contributed by atoms with E-state index in [9.17, 15) is 9.90 Å². The minimum Gasteiger partial charge on any atom is -0.480 e. The van der Waals surface area contributed by atoms with Crippen molar-refractivity contribution in [3.63, 3.8) is 0 Å². The first-order chi connectivity index (χ1) is 8.92. The van der Waals surface area contributed by atoms with Gasteiger partial charge in [0.1, 0.15) is 5.54 Å². The van der Waals surface area contributed by atoms with Gasteiger partial charge in [-0.2, -0.15) is 0 Å². The van der Waals surface area contributed by atoms with Gasteiger partial charge in [0.05, 0.1) is 0 Å². The first kappa shape index (κ1) is 16.4. The highest BCUT2D eigenvalue weighted by atomic mass is 16.4. The van der Waals surface area contributed by atoms with E-state index in [-0.39, 0.29) is 0 Å². The lowest BCUT2D eigenvalue weighted by atomic mass is 10.00. The summed E-state index contributed by atoms with van der Waals surface area (Å²) in [5.74, 6) is -0.757. The fourth-order valence-electron chi connectivity index (χ4n) is 2.64. The molecule has 1 rings (SSSR count). The number of likely N-dealkylation sites (N-methyl/N-ethyl adjacent to an activating group) is 1. The molecule has 1 heterocycles.